The topological polar surface area (TPSA) is 63.8 Å². The summed E-state index contributed by atoms with van der Waals surface area (Å²) in [5.74, 6) is 7.48. The van der Waals surface area contributed by atoms with Crippen LogP contribution in [0, 0.1) is 5.92 Å². The van der Waals surface area contributed by atoms with Gasteiger partial charge in [0.2, 0.25) is 0 Å². The number of nitrogens with two attached hydrogens (primary N) is 1. The average Bonchev–Trinajstić information content (AvgIpc) is 2.46. The van der Waals surface area contributed by atoms with Crippen molar-refractivity contribution in [2.24, 2.45) is 11.8 Å². The third-order valence-electron chi connectivity index (χ3n) is 3.18. The van der Waals surface area contributed by atoms with Crippen LogP contribution in [0.25, 0.3) is 11.4 Å². The van der Waals surface area contributed by atoms with Crippen LogP contribution >= 0.6 is 0 Å². The molecule has 0 radical (unpaired) electrons. The van der Waals surface area contributed by atoms with E-state index in [4.69, 9.17) is 10.8 Å². The van der Waals surface area contributed by atoms with Gasteiger partial charge < -0.3 is 5.43 Å². The van der Waals surface area contributed by atoms with E-state index in [0.29, 0.717) is 11.7 Å². The molecule has 0 fully saturated rings. The van der Waals surface area contributed by atoms with Crippen LogP contribution < -0.4 is 11.3 Å². The zero-order chi connectivity index (χ0) is 14.5. The quantitative estimate of drug-likeness (QED) is 0.647. The molecule has 4 heteroatoms. The summed E-state index contributed by atoms with van der Waals surface area (Å²) in [5, 5.41) is 0. The van der Waals surface area contributed by atoms with E-state index in [0.717, 1.165) is 29.9 Å². The van der Waals surface area contributed by atoms with E-state index < -0.39 is 0 Å². The van der Waals surface area contributed by atoms with Crippen LogP contribution in [0.4, 0.5) is 5.82 Å². The van der Waals surface area contributed by atoms with Crippen molar-refractivity contribution < 1.29 is 0 Å². The zero-order valence-electron chi connectivity index (χ0n) is 12.4. The molecular weight excluding hydrogens is 248 g/mol. The van der Waals surface area contributed by atoms with Crippen molar-refractivity contribution in [1.82, 2.24) is 9.97 Å². The first-order chi connectivity index (χ1) is 9.63. The van der Waals surface area contributed by atoms with Crippen LogP contribution in [0.5, 0.6) is 0 Å². The first-order valence-electron chi connectivity index (χ1n) is 7.06. The van der Waals surface area contributed by atoms with Crippen LogP contribution in [0.3, 0.4) is 0 Å². The monoisotopic (exact) mass is 270 g/mol. The summed E-state index contributed by atoms with van der Waals surface area (Å²) in [6.07, 6.45) is 1.87. The largest absolute Gasteiger partial charge is 0.308 e. The van der Waals surface area contributed by atoms with E-state index in [9.17, 15) is 0 Å². The number of nitrogens with zero attached hydrogens (tertiary/aromatic N) is 2. The minimum absolute atomic E-state index is 0.546. The van der Waals surface area contributed by atoms with Gasteiger partial charge in [-0.05, 0) is 24.3 Å². The second-order valence-corrected chi connectivity index (χ2v) is 5.32. The second kappa shape index (κ2) is 6.48. The molecule has 0 spiro atoms. The molecule has 1 heterocycles. The Bertz CT molecular complexity index is 578. The molecule has 0 saturated heterocycles. The molecule has 0 saturated carbocycles. The maximum atomic E-state index is 5.53. The Morgan fingerprint density at radius 1 is 1.20 bits per heavy atom. The van der Waals surface area contributed by atoms with E-state index in [1.165, 1.54) is 5.56 Å². The smallest absolute Gasteiger partial charge is 0.162 e. The summed E-state index contributed by atoms with van der Waals surface area (Å²) in [4.78, 5) is 9.18. The van der Waals surface area contributed by atoms with Crippen LogP contribution in [0.2, 0.25) is 0 Å². The number of anilines is 1. The Labute approximate surface area is 120 Å². The fourth-order valence-electron chi connectivity index (χ4n) is 2.26. The molecular formula is C16H22N4. The summed E-state index contributed by atoms with van der Waals surface area (Å²) >= 11 is 0. The van der Waals surface area contributed by atoms with E-state index in [1.54, 1.807) is 0 Å². The Balaban J connectivity index is 2.49. The first-order valence-corrected chi connectivity index (χ1v) is 7.06. The minimum Gasteiger partial charge on any atom is -0.308 e. The predicted molar refractivity (Wildman–Crippen MR) is 83.2 cm³/mol. The lowest BCUT2D eigenvalue weighted by Gasteiger charge is -2.11. The fraction of sp³-hybridized carbons (Fsp3) is 0.375. The number of aromatic nitrogens is 2. The number of hydrogen-bond donors (Lipinski definition) is 2. The fourth-order valence-corrected chi connectivity index (χ4v) is 2.26. The minimum atomic E-state index is 0.546. The van der Waals surface area contributed by atoms with E-state index >= 15 is 0 Å². The van der Waals surface area contributed by atoms with Gasteiger partial charge in [-0.15, -0.1) is 0 Å². The highest BCUT2D eigenvalue weighted by Gasteiger charge is 2.10. The van der Waals surface area contributed by atoms with Crippen molar-refractivity contribution in [1.29, 1.82) is 0 Å². The van der Waals surface area contributed by atoms with Gasteiger partial charge in [0.25, 0.3) is 0 Å². The molecule has 20 heavy (non-hydrogen) atoms. The van der Waals surface area contributed by atoms with E-state index in [2.05, 4.69) is 43.3 Å². The van der Waals surface area contributed by atoms with Crippen LogP contribution in [-0.2, 0) is 12.8 Å². The van der Waals surface area contributed by atoms with E-state index in [-0.39, 0.29) is 0 Å². The zero-order valence-corrected chi connectivity index (χ0v) is 12.4. The highest BCUT2D eigenvalue weighted by Crippen LogP contribution is 2.23. The molecule has 3 N–H and O–H groups in total. The third-order valence-corrected chi connectivity index (χ3v) is 3.18. The van der Waals surface area contributed by atoms with Crippen LogP contribution in [-0.4, -0.2) is 9.97 Å². The van der Waals surface area contributed by atoms with Crippen LogP contribution in [0.15, 0.2) is 30.3 Å². The molecule has 0 amide bonds. The molecule has 2 aromatic rings. The molecule has 1 aromatic heterocycles. The van der Waals surface area contributed by atoms with Gasteiger partial charge in [-0.2, -0.15) is 0 Å². The van der Waals surface area contributed by atoms with Gasteiger partial charge in [0.1, 0.15) is 5.82 Å². The van der Waals surface area contributed by atoms with Gasteiger partial charge in [0.05, 0.1) is 0 Å². The Morgan fingerprint density at radius 3 is 2.60 bits per heavy atom. The van der Waals surface area contributed by atoms with Crippen LogP contribution in [0.1, 0.15) is 32.0 Å². The molecule has 4 nitrogen and oxygen atoms in total. The molecule has 0 aliphatic rings. The number of aryl methyl sites for hydroxylation is 1. The van der Waals surface area contributed by atoms with Gasteiger partial charge in [-0.3, -0.25) is 0 Å². The third kappa shape index (κ3) is 3.33. The summed E-state index contributed by atoms with van der Waals surface area (Å²) in [5.41, 5.74) is 5.98. The Kier molecular flexibility index (Phi) is 4.69. The molecule has 1 aromatic carbocycles. The highest BCUT2D eigenvalue weighted by molar-refractivity contribution is 5.62. The van der Waals surface area contributed by atoms with Crippen molar-refractivity contribution in [3.05, 3.63) is 41.6 Å². The number of nitrogen functional groups attached to an aromatic ring is 1. The number of hydrazine groups is 1. The lowest BCUT2D eigenvalue weighted by atomic mass is 10.0. The first kappa shape index (κ1) is 14.5. The number of hydrogen-bond acceptors (Lipinski definition) is 4. The summed E-state index contributed by atoms with van der Waals surface area (Å²) in [7, 11) is 0. The summed E-state index contributed by atoms with van der Waals surface area (Å²) in [6.45, 7) is 6.49. The van der Waals surface area contributed by atoms with Gasteiger partial charge in [0.15, 0.2) is 5.82 Å². The maximum absolute atomic E-state index is 5.53. The summed E-state index contributed by atoms with van der Waals surface area (Å²) < 4.78 is 0. The highest BCUT2D eigenvalue weighted by atomic mass is 15.3. The van der Waals surface area contributed by atoms with Crippen molar-refractivity contribution >= 4 is 5.82 Å². The lowest BCUT2D eigenvalue weighted by molar-refractivity contribution is 0.635. The molecule has 2 rings (SSSR count). The van der Waals surface area contributed by atoms with Crippen molar-refractivity contribution in [2.45, 2.75) is 33.6 Å². The molecule has 0 atom stereocenters. The Morgan fingerprint density at radius 2 is 1.95 bits per heavy atom. The number of benzene rings is 1. The number of rotatable bonds is 5. The Hall–Kier alpha value is -1.94. The normalized spacial score (nSPS) is 10.8. The maximum Gasteiger partial charge on any atom is 0.162 e. The van der Waals surface area contributed by atoms with E-state index in [1.807, 2.05) is 18.2 Å². The van der Waals surface area contributed by atoms with Crippen molar-refractivity contribution in [2.75, 3.05) is 5.43 Å². The number of nitrogens with one attached hydrogen (secondary N) is 1. The molecule has 0 aliphatic heterocycles. The van der Waals surface area contributed by atoms with Gasteiger partial charge in [0, 0.05) is 17.3 Å². The molecule has 0 bridgehead atoms. The molecule has 0 unspecified atom stereocenters. The van der Waals surface area contributed by atoms with Crippen molar-refractivity contribution in [3.63, 3.8) is 0 Å². The van der Waals surface area contributed by atoms with Gasteiger partial charge in [-0.25, -0.2) is 15.8 Å². The SMILES string of the molecule is CCc1ccccc1-c1nc(CC(C)C)cc(NN)n1. The molecule has 0 aliphatic carbocycles. The predicted octanol–water partition coefficient (Wildman–Crippen LogP) is 3.19. The van der Waals surface area contributed by atoms with Crippen molar-refractivity contribution in [3.8, 4) is 11.4 Å². The second-order valence-electron chi connectivity index (χ2n) is 5.32. The van der Waals surface area contributed by atoms with Gasteiger partial charge in [-0.1, -0.05) is 45.0 Å². The average molecular weight is 270 g/mol. The van der Waals surface area contributed by atoms with Gasteiger partial charge >= 0.3 is 0 Å². The lowest BCUT2D eigenvalue weighted by Crippen LogP contribution is -2.11. The standard InChI is InChI=1S/C16H22N4/c1-4-12-7-5-6-8-14(12)16-18-13(9-11(2)3)10-15(19-16)20-17/h5-8,10-11H,4,9,17H2,1-3H3,(H,18,19,20). The molecule has 106 valence electrons. The summed E-state index contributed by atoms with van der Waals surface area (Å²) in [6, 6.07) is 10.2.